The predicted octanol–water partition coefficient (Wildman–Crippen LogP) is 3.78. The zero-order valence-electron chi connectivity index (χ0n) is 14.8. The van der Waals surface area contributed by atoms with Crippen LogP contribution in [0.2, 0.25) is 0 Å². The molecule has 146 valence electrons. The van der Waals surface area contributed by atoms with Crippen molar-refractivity contribution in [3.05, 3.63) is 57.0 Å². The largest absolute Gasteiger partial charge is 0.502 e. The highest BCUT2D eigenvalue weighted by Crippen LogP contribution is 2.44. The van der Waals surface area contributed by atoms with Gasteiger partial charge in [0.15, 0.2) is 5.69 Å². The molecule has 1 aromatic heterocycles. The lowest BCUT2D eigenvalue weighted by Gasteiger charge is -2.20. The third-order valence-electron chi connectivity index (χ3n) is 4.20. The van der Waals surface area contributed by atoms with E-state index in [9.17, 15) is 20.1 Å². The summed E-state index contributed by atoms with van der Waals surface area (Å²) in [5, 5.41) is 36.1. The monoisotopic (exact) mass is 412 g/mol. The maximum absolute atomic E-state index is 11.3. The molecule has 1 aliphatic rings. The van der Waals surface area contributed by atoms with E-state index < -0.39 is 22.6 Å². The topological polar surface area (TPSA) is 153 Å². The van der Waals surface area contributed by atoms with Crippen LogP contribution in [-0.4, -0.2) is 31.5 Å². The summed E-state index contributed by atoms with van der Waals surface area (Å²) in [5.41, 5.74) is 0.670. The fourth-order valence-electron chi connectivity index (χ4n) is 2.89. The lowest BCUT2D eigenvalue weighted by molar-refractivity contribution is -0.385. The van der Waals surface area contributed by atoms with E-state index in [0.717, 1.165) is 6.07 Å². The highest BCUT2D eigenvalue weighted by atomic mass is 32.2. The van der Waals surface area contributed by atoms with Gasteiger partial charge < -0.3 is 15.2 Å². The quantitative estimate of drug-likeness (QED) is 0.280. The lowest BCUT2D eigenvalue weighted by Crippen LogP contribution is -2.17. The van der Waals surface area contributed by atoms with E-state index in [2.05, 4.69) is 25.7 Å². The fraction of sp³-hybridized carbons (Fsp3) is 0.118. The number of nitro groups is 1. The number of nitro benzene ring substituents is 1. The minimum Gasteiger partial charge on any atom is -0.502 e. The summed E-state index contributed by atoms with van der Waals surface area (Å²) in [4.78, 5) is 25.8. The minimum atomic E-state index is -1.11. The smallest absolute Gasteiger partial charge is 0.313 e. The summed E-state index contributed by atoms with van der Waals surface area (Å²) in [6, 6.07) is 9.21. The molecule has 11 nitrogen and oxygen atoms in total. The summed E-state index contributed by atoms with van der Waals surface area (Å²) in [7, 11) is 0. The number of phenolic OH excluding ortho intramolecular Hbond substituents is 1. The lowest BCUT2D eigenvalue weighted by atomic mass is 10.1. The van der Waals surface area contributed by atoms with E-state index >= 15 is 0 Å². The first-order chi connectivity index (χ1) is 14.0. The molecule has 29 heavy (non-hydrogen) atoms. The average molecular weight is 412 g/mol. The van der Waals surface area contributed by atoms with Gasteiger partial charge >= 0.3 is 5.69 Å². The van der Waals surface area contributed by atoms with Gasteiger partial charge in [-0.3, -0.25) is 10.1 Å². The molecule has 0 saturated carbocycles. The number of ether oxygens (including phenoxy) is 1. The van der Waals surface area contributed by atoms with E-state index in [1.54, 1.807) is 30.5 Å². The Bertz CT molecular complexity index is 1140. The maximum Gasteiger partial charge on any atom is 0.313 e. The summed E-state index contributed by atoms with van der Waals surface area (Å²) in [6.07, 6.45) is 0.669. The van der Waals surface area contributed by atoms with Crippen LogP contribution < -0.4 is 10.1 Å². The molecule has 0 bridgehead atoms. The number of nitroso groups, excluding NO2 is 1. The molecule has 1 atom stereocenters. The number of aromatic nitrogens is 3. The van der Waals surface area contributed by atoms with Crippen LogP contribution in [-0.2, 0) is 0 Å². The van der Waals surface area contributed by atoms with Crippen LogP contribution in [0.15, 0.2) is 46.7 Å². The number of hydrogen-bond acceptors (Lipinski definition) is 11. The molecule has 0 fully saturated rings. The zero-order valence-corrected chi connectivity index (χ0v) is 15.6. The Hall–Kier alpha value is -3.80. The minimum absolute atomic E-state index is 0.0410. The molecule has 0 radical (unpaired) electrons. The van der Waals surface area contributed by atoms with Crippen molar-refractivity contribution < 1.29 is 14.8 Å². The van der Waals surface area contributed by atoms with E-state index in [4.69, 9.17) is 4.74 Å². The summed E-state index contributed by atoms with van der Waals surface area (Å²) in [6.45, 7) is 0. The number of fused-ring (bicyclic) bond motifs is 3. The SMILES string of the molecule is CSc1nnc2c(n1)OC(c1cc(N=O)cc([N+](=O)[O-])c1O)Nc1ccccc1-2. The van der Waals surface area contributed by atoms with Crippen molar-refractivity contribution in [2.45, 2.75) is 11.4 Å². The van der Waals surface area contributed by atoms with Gasteiger partial charge in [-0.15, -0.1) is 15.1 Å². The van der Waals surface area contributed by atoms with Gasteiger partial charge in [0, 0.05) is 17.3 Å². The van der Waals surface area contributed by atoms with Gasteiger partial charge in [-0.25, -0.2) is 0 Å². The molecule has 3 aromatic rings. The van der Waals surface area contributed by atoms with Gasteiger partial charge in [-0.1, -0.05) is 30.0 Å². The Kier molecular flexibility index (Phi) is 4.68. The predicted molar refractivity (Wildman–Crippen MR) is 104 cm³/mol. The molecule has 1 unspecified atom stereocenters. The first-order valence-corrected chi connectivity index (χ1v) is 9.40. The van der Waals surface area contributed by atoms with Gasteiger partial charge in [0.05, 0.1) is 10.5 Å². The summed E-state index contributed by atoms with van der Waals surface area (Å²) in [5.74, 6) is -0.522. The normalized spacial score (nSPS) is 14.6. The van der Waals surface area contributed by atoms with Gasteiger partial charge in [-0.05, 0) is 23.6 Å². The van der Waals surface area contributed by atoms with Crippen LogP contribution >= 0.6 is 11.8 Å². The molecule has 0 aliphatic carbocycles. The van der Waals surface area contributed by atoms with Gasteiger partial charge in [0.1, 0.15) is 5.69 Å². The third-order valence-corrected chi connectivity index (χ3v) is 4.74. The van der Waals surface area contributed by atoms with Crippen LogP contribution in [0.1, 0.15) is 11.8 Å². The molecule has 12 heteroatoms. The third kappa shape index (κ3) is 3.29. The molecular formula is C17H12N6O5S. The zero-order chi connectivity index (χ0) is 20.5. The van der Waals surface area contributed by atoms with Crippen LogP contribution in [0.25, 0.3) is 11.3 Å². The second kappa shape index (κ2) is 7.31. The van der Waals surface area contributed by atoms with Crippen molar-refractivity contribution in [3.8, 4) is 22.9 Å². The van der Waals surface area contributed by atoms with Crippen molar-refractivity contribution in [2.75, 3.05) is 11.6 Å². The number of nitrogens with zero attached hydrogens (tertiary/aromatic N) is 5. The van der Waals surface area contributed by atoms with Crippen molar-refractivity contribution >= 4 is 28.8 Å². The van der Waals surface area contributed by atoms with Crippen molar-refractivity contribution in [3.63, 3.8) is 0 Å². The molecule has 4 rings (SSSR count). The van der Waals surface area contributed by atoms with E-state index in [0.29, 0.717) is 22.1 Å². The molecule has 2 aromatic carbocycles. The van der Waals surface area contributed by atoms with E-state index in [1.807, 2.05) is 0 Å². The van der Waals surface area contributed by atoms with E-state index in [1.165, 1.54) is 17.8 Å². The van der Waals surface area contributed by atoms with Crippen molar-refractivity contribution in [1.82, 2.24) is 15.2 Å². The highest BCUT2D eigenvalue weighted by molar-refractivity contribution is 7.98. The second-order valence-corrected chi connectivity index (χ2v) is 6.66. The number of hydrogen-bond donors (Lipinski definition) is 2. The number of para-hydroxylation sites is 1. The van der Waals surface area contributed by atoms with Crippen molar-refractivity contribution in [2.24, 2.45) is 5.18 Å². The van der Waals surface area contributed by atoms with Crippen LogP contribution in [0.3, 0.4) is 0 Å². The fourth-order valence-corrected chi connectivity index (χ4v) is 3.19. The molecule has 0 amide bonds. The number of aromatic hydroxyl groups is 1. The number of phenols is 1. The number of thioether (sulfide) groups is 1. The molecule has 2 N–H and O–H groups in total. The van der Waals surface area contributed by atoms with Gasteiger partial charge in [-0.2, -0.15) is 4.98 Å². The van der Waals surface area contributed by atoms with Gasteiger partial charge in [0.25, 0.3) is 0 Å². The number of rotatable bonds is 4. The number of nitrogens with one attached hydrogen (secondary N) is 1. The Morgan fingerprint density at radius 1 is 1.31 bits per heavy atom. The highest BCUT2D eigenvalue weighted by Gasteiger charge is 2.31. The molecule has 1 aliphatic heterocycles. The Morgan fingerprint density at radius 3 is 2.83 bits per heavy atom. The molecular weight excluding hydrogens is 400 g/mol. The van der Waals surface area contributed by atoms with Gasteiger partial charge in [0.2, 0.25) is 23.0 Å². The maximum atomic E-state index is 11.3. The first-order valence-electron chi connectivity index (χ1n) is 8.17. The first kappa shape index (κ1) is 18.6. The molecule has 0 saturated heterocycles. The Labute approximate surface area is 167 Å². The van der Waals surface area contributed by atoms with E-state index in [-0.39, 0.29) is 17.1 Å². The Morgan fingerprint density at radius 2 is 2.10 bits per heavy atom. The second-order valence-electron chi connectivity index (χ2n) is 5.89. The Balaban J connectivity index is 1.92. The summed E-state index contributed by atoms with van der Waals surface area (Å²) < 4.78 is 5.92. The van der Waals surface area contributed by atoms with Crippen molar-refractivity contribution in [1.29, 1.82) is 0 Å². The molecule has 0 spiro atoms. The summed E-state index contributed by atoms with van der Waals surface area (Å²) >= 11 is 1.26. The number of anilines is 1. The number of benzene rings is 2. The van der Waals surface area contributed by atoms with Crippen LogP contribution in [0, 0.1) is 15.0 Å². The van der Waals surface area contributed by atoms with Crippen LogP contribution in [0.5, 0.6) is 11.6 Å². The molecule has 2 heterocycles. The van der Waals surface area contributed by atoms with Crippen LogP contribution in [0.4, 0.5) is 17.1 Å². The average Bonchev–Trinajstić information content (AvgIpc) is 2.89. The standard InChI is InChI=1S/C17H12N6O5S/c1-29-17-19-16-13(20-21-17)9-4-2-3-5-11(9)18-15(28-16)10-6-8(22-25)7-12(14(10)24)23(26)27/h2-7,15,18,24H,1H3.